The Morgan fingerprint density at radius 3 is 3.00 bits per heavy atom. The normalized spacial score (nSPS) is 13.4. The minimum atomic E-state index is 0.101. The number of ether oxygens (including phenoxy) is 1. The SMILES string of the molecule is COCc1cccc(NC(C)C/C(N)=N/O)c1. The molecule has 1 aromatic carbocycles. The van der Waals surface area contributed by atoms with Crippen molar-refractivity contribution in [2.45, 2.75) is 26.0 Å². The Bertz CT molecular complexity index is 380. The van der Waals surface area contributed by atoms with Crippen LogP contribution in [0.15, 0.2) is 29.4 Å². The third kappa shape index (κ3) is 4.74. The minimum absolute atomic E-state index is 0.101. The first-order chi connectivity index (χ1) is 8.15. The molecule has 0 bridgehead atoms. The van der Waals surface area contributed by atoms with Crippen molar-refractivity contribution in [3.05, 3.63) is 29.8 Å². The van der Waals surface area contributed by atoms with E-state index in [9.17, 15) is 0 Å². The van der Waals surface area contributed by atoms with Gasteiger partial charge in [-0.25, -0.2) is 0 Å². The smallest absolute Gasteiger partial charge is 0.141 e. The molecule has 0 fully saturated rings. The van der Waals surface area contributed by atoms with Gasteiger partial charge < -0.3 is 21.0 Å². The van der Waals surface area contributed by atoms with Crippen LogP contribution >= 0.6 is 0 Å². The van der Waals surface area contributed by atoms with E-state index < -0.39 is 0 Å². The highest BCUT2D eigenvalue weighted by molar-refractivity contribution is 5.80. The van der Waals surface area contributed by atoms with Gasteiger partial charge in [0.15, 0.2) is 0 Å². The molecule has 0 radical (unpaired) electrons. The van der Waals surface area contributed by atoms with Gasteiger partial charge in [0.2, 0.25) is 0 Å². The third-order valence-electron chi connectivity index (χ3n) is 2.29. The summed E-state index contributed by atoms with van der Waals surface area (Å²) in [5.74, 6) is 0.220. The Labute approximate surface area is 101 Å². The molecular formula is C12H19N3O2. The zero-order chi connectivity index (χ0) is 12.7. The monoisotopic (exact) mass is 237 g/mol. The van der Waals surface area contributed by atoms with Gasteiger partial charge in [-0.15, -0.1) is 0 Å². The fourth-order valence-electron chi connectivity index (χ4n) is 1.61. The maximum Gasteiger partial charge on any atom is 0.141 e. The fourth-order valence-corrected chi connectivity index (χ4v) is 1.61. The van der Waals surface area contributed by atoms with Crippen molar-refractivity contribution < 1.29 is 9.94 Å². The first-order valence-electron chi connectivity index (χ1n) is 5.46. The molecule has 0 heterocycles. The molecule has 5 heteroatoms. The van der Waals surface area contributed by atoms with E-state index in [4.69, 9.17) is 15.7 Å². The largest absolute Gasteiger partial charge is 0.409 e. The second kappa shape index (κ2) is 6.75. The van der Waals surface area contributed by atoms with E-state index >= 15 is 0 Å². The highest BCUT2D eigenvalue weighted by atomic mass is 16.5. The van der Waals surface area contributed by atoms with Crippen molar-refractivity contribution in [1.29, 1.82) is 0 Å². The Balaban J connectivity index is 2.58. The van der Waals surface area contributed by atoms with E-state index in [1.165, 1.54) is 0 Å². The molecule has 0 saturated carbocycles. The molecule has 0 saturated heterocycles. The van der Waals surface area contributed by atoms with Gasteiger partial charge >= 0.3 is 0 Å². The summed E-state index contributed by atoms with van der Waals surface area (Å²) in [6.07, 6.45) is 0.491. The van der Waals surface area contributed by atoms with Crippen LogP contribution in [0.3, 0.4) is 0 Å². The van der Waals surface area contributed by atoms with E-state index in [2.05, 4.69) is 10.5 Å². The van der Waals surface area contributed by atoms with Crippen LogP contribution in [-0.2, 0) is 11.3 Å². The predicted molar refractivity (Wildman–Crippen MR) is 68.3 cm³/mol. The predicted octanol–water partition coefficient (Wildman–Crippen LogP) is 1.77. The molecule has 5 nitrogen and oxygen atoms in total. The summed E-state index contributed by atoms with van der Waals surface area (Å²) in [5, 5.41) is 14.7. The summed E-state index contributed by atoms with van der Waals surface area (Å²) in [6.45, 7) is 2.56. The van der Waals surface area contributed by atoms with E-state index in [-0.39, 0.29) is 11.9 Å². The molecular weight excluding hydrogens is 218 g/mol. The van der Waals surface area contributed by atoms with Gasteiger partial charge in [0, 0.05) is 25.3 Å². The van der Waals surface area contributed by atoms with Crippen LogP contribution < -0.4 is 11.1 Å². The Morgan fingerprint density at radius 2 is 2.35 bits per heavy atom. The van der Waals surface area contributed by atoms with E-state index in [1.807, 2.05) is 31.2 Å². The molecule has 1 aromatic rings. The molecule has 1 rings (SSSR count). The summed E-state index contributed by atoms with van der Waals surface area (Å²) in [4.78, 5) is 0. The molecule has 0 aromatic heterocycles. The second-order valence-corrected chi connectivity index (χ2v) is 3.97. The summed E-state index contributed by atoms with van der Waals surface area (Å²) < 4.78 is 5.07. The van der Waals surface area contributed by atoms with Gasteiger partial charge in [0.05, 0.1) is 6.61 Å². The number of nitrogens with one attached hydrogen (secondary N) is 1. The summed E-state index contributed by atoms with van der Waals surface area (Å²) in [6, 6.07) is 8.06. The lowest BCUT2D eigenvalue weighted by Crippen LogP contribution is -2.24. The van der Waals surface area contributed by atoms with Crippen molar-refractivity contribution in [2.24, 2.45) is 10.9 Å². The summed E-state index contributed by atoms with van der Waals surface area (Å²) >= 11 is 0. The molecule has 0 spiro atoms. The number of oxime groups is 1. The molecule has 0 aliphatic rings. The standard InChI is InChI=1S/C12H19N3O2/c1-9(6-12(13)15-16)14-11-5-3-4-10(7-11)8-17-2/h3-5,7,9,14,16H,6,8H2,1-2H3,(H2,13,15). The molecule has 0 amide bonds. The lowest BCUT2D eigenvalue weighted by Gasteiger charge is -2.15. The first-order valence-corrected chi connectivity index (χ1v) is 5.46. The number of benzene rings is 1. The maximum atomic E-state index is 8.48. The maximum absolute atomic E-state index is 8.48. The summed E-state index contributed by atoms with van der Waals surface area (Å²) in [7, 11) is 1.67. The second-order valence-electron chi connectivity index (χ2n) is 3.97. The van der Waals surface area contributed by atoms with E-state index in [0.29, 0.717) is 13.0 Å². The molecule has 94 valence electrons. The van der Waals surface area contributed by atoms with Crippen LogP contribution in [0.4, 0.5) is 5.69 Å². The van der Waals surface area contributed by atoms with Crippen LogP contribution in [0.25, 0.3) is 0 Å². The fraction of sp³-hybridized carbons (Fsp3) is 0.417. The van der Waals surface area contributed by atoms with Gasteiger partial charge in [0.25, 0.3) is 0 Å². The number of amidine groups is 1. The Kier molecular flexibility index (Phi) is 5.29. The van der Waals surface area contributed by atoms with Crippen molar-refractivity contribution >= 4 is 11.5 Å². The number of nitrogens with zero attached hydrogens (tertiary/aromatic N) is 1. The highest BCUT2D eigenvalue weighted by Gasteiger charge is 2.05. The Morgan fingerprint density at radius 1 is 1.59 bits per heavy atom. The zero-order valence-electron chi connectivity index (χ0n) is 10.2. The van der Waals surface area contributed by atoms with Crippen LogP contribution in [0.1, 0.15) is 18.9 Å². The third-order valence-corrected chi connectivity index (χ3v) is 2.29. The quantitative estimate of drug-likeness (QED) is 0.305. The van der Waals surface area contributed by atoms with E-state index in [0.717, 1.165) is 11.3 Å². The number of hydrogen-bond donors (Lipinski definition) is 3. The Hall–Kier alpha value is -1.75. The minimum Gasteiger partial charge on any atom is -0.409 e. The van der Waals surface area contributed by atoms with Gasteiger partial charge in [-0.05, 0) is 24.6 Å². The average Bonchev–Trinajstić information content (AvgIpc) is 2.29. The number of hydrogen-bond acceptors (Lipinski definition) is 4. The van der Waals surface area contributed by atoms with Crippen LogP contribution in [0, 0.1) is 0 Å². The lowest BCUT2D eigenvalue weighted by molar-refractivity contribution is 0.185. The number of anilines is 1. The molecule has 0 aliphatic heterocycles. The number of rotatable bonds is 6. The lowest BCUT2D eigenvalue weighted by atomic mass is 10.1. The van der Waals surface area contributed by atoms with Crippen molar-refractivity contribution in [3.8, 4) is 0 Å². The number of nitrogens with two attached hydrogens (primary N) is 1. The molecule has 1 atom stereocenters. The van der Waals surface area contributed by atoms with Gasteiger partial charge in [-0.2, -0.15) is 0 Å². The topological polar surface area (TPSA) is 79.9 Å². The van der Waals surface area contributed by atoms with Crippen LogP contribution in [-0.4, -0.2) is 24.2 Å². The van der Waals surface area contributed by atoms with Crippen LogP contribution in [0.5, 0.6) is 0 Å². The zero-order valence-corrected chi connectivity index (χ0v) is 10.2. The van der Waals surface area contributed by atoms with Crippen LogP contribution in [0.2, 0.25) is 0 Å². The van der Waals surface area contributed by atoms with Gasteiger partial charge in [-0.1, -0.05) is 17.3 Å². The average molecular weight is 237 g/mol. The molecule has 0 aliphatic carbocycles. The molecule has 17 heavy (non-hydrogen) atoms. The van der Waals surface area contributed by atoms with Crippen molar-refractivity contribution in [3.63, 3.8) is 0 Å². The van der Waals surface area contributed by atoms with Crippen molar-refractivity contribution in [2.75, 3.05) is 12.4 Å². The van der Waals surface area contributed by atoms with Gasteiger partial charge in [-0.3, -0.25) is 0 Å². The molecule has 4 N–H and O–H groups in total. The van der Waals surface area contributed by atoms with Crippen molar-refractivity contribution in [1.82, 2.24) is 0 Å². The van der Waals surface area contributed by atoms with E-state index in [1.54, 1.807) is 7.11 Å². The molecule has 1 unspecified atom stereocenters. The number of methoxy groups -OCH3 is 1. The van der Waals surface area contributed by atoms with Gasteiger partial charge in [0.1, 0.15) is 5.84 Å². The highest BCUT2D eigenvalue weighted by Crippen LogP contribution is 2.13. The first kappa shape index (κ1) is 13.3. The summed E-state index contributed by atoms with van der Waals surface area (Å²) in [5.41, 5.74) is 7.55.